The summed E-state index contributed by atoms with van der Waals surface area (Å²) in [6, 6.07) is 6.30. The Labute approximate surface area is 290 Å². The maximum atomic E-state index is 13.9. The number of cyclic esters (lactones) is 1. The quantitative estimate of drug-likeness (QED) is 0.300. The van der Waals surface area contributed by atoms with E-state index in [0.29, 0.717) is 25.7 Å². The van der Waals surface area contributed by atoms with Crippen molar-refractivity contribution < 1.29 is 41.9 Å². The number of esters is 1. The van der Waals surface area contributed by atoms with Gasteiger partial charge in [0.15, 0.2) is 0 Å². The topological polar surface area (TPSA) is 182 Å². The van der Waals surface area contributed by atoms with Crippen LogP contribution in [-0.4, -0.2) is 90.3 Å². The number of hydrogen-bond donors (Lipinski definition) is 3. The lowest BCUT2D eigenvalue weighted by Gasteiger charge is -2.27. The second kappa shape index (κ2) is 13.2. The fraction of sp³-hybridized carbons (Fsp3) is 0.514. The number of sulfonamides is 1. The number of carbonyl (C=O) groups is 5. The maximum Gasteiger partial charge on any atom is 0.407 e. The van der Waals surface area contributed by atoms with Crippen molar-refractivity contribution >= 4 is 56.8 Å². The van der Waals surface area contributed by atoms with Gasteiger partial charge in [0, 0.05) is 30.3 Å². The smallest absolute Gasteiger partial charge is 0.407 e. The van der Waals surface area contributed by atoms with E-state index >= 15 is 0 Å². The first-order valence-electron chi connectivity index (χ1n) is 16.8. The van der Waals surface area contributed by atoms with Gasteiger partial charge in [0.1, 0.15) is 29.9 Å². The van der Waals surface area contributed by atoms with Crippen LogP contribution in [0.15, 0.2) is 43.0 Å². The Hall–Kier alpha value is -4.66. The molecule has 0 radical (unpaired) electrons. The molecule has 4 aliphatic rings. The number of amides is 4. The van der Waals surface area contributed by atoms with Crippen molar-refractivity contribution in [3.63, 3.8) is 0 Å². The van der Waals surface area contributed by atoms with Crippen molar-refractivity contribution in [3.8, 4) is 0 Å². The van der Waals surface area contributed by atoms with Crippen molar-refractivity contribution in [2.24, 2.45) is 18.4 Å². The van der Waals surface area contributed by atoms with Gasteiger partial charge in [0.2, 0.25) is 21.8 Å². The van der Waals surface area contributed by atoms with Gasteiger partial charge < -0.3 is 29.6 Å². The van der Waals surface area contributed by atoms with E-state index in [-0.39, 0.29) is 37.1 Å². The number of alkyl carbamates (subject to hydrolysis) is 1. The highest BCUT2D eigenvalue weighted by Crippen LogP contribution is 2.45. The molecule has 268 valence electrons. The summed E-state index contributed by atoms with van der Waals surface area (Å²) in [6.07, 6.45) is 6.12. The molecule has 3 heterocycles. The predicted octanol–water partition coefficient (Wildman–Crippen LogP) is 2.53. The van der Waals surface area contributed by atoms with E-state index in [0.717, 1.165) is 16.5 Å². The summed E-state index contributed by atoms with van der Waals surface area (Å²) >= 11 is 0. The van der Waals surface area contributed by atoms with E-state index in [1.54, 1.807) is 17.7 Å². The molecule has 1 aromatic carbocycles. The van der Waals surface area contributed by atoms with E-state index < -0.39 is 75.2 Å². The average molecular weight is 710 g/mol. The molecular formula is C35H43N5O9S. The molecule has 14 nitrogen and oxygen atoms in total. The van der Waals surface area contributed by atoms with Gasteiger partial charge in [0.25, 0.3) is 5.91 Å². The largest absolute Gasteiger partial charge is 0.456 e. The van der Waals surface area contributed by atoms with Gasteiger partial charge in [-0.15, -0.1) is 6.58 Å². The van der Waals surface area contributed by atoms with Crippen LogP contribution in [0.2, 0.25) is 0 Å². The van der Waals surface area contributed by atoms with Crippen molar-refractivity contribution in [3.05, 3.63) is 54.3 Å². The van der Waals surface area contributed by atoms with Crippen LogP contribution in [0.3, 0.4) is 0 Å². The highest BCUT2D eigenvalue weighted by Gasteiger charge is 2.62. The average Bonchev–Trinajstić information content (AvgIpc) is 3.97. The first kappa shape index (κ1) is 35.2. The number of aryl methyl sites for hydroxylation is 1. The molecule has 1 aromatic heterocycles. The molecule has 2 aliphatic carbocycles. The highest BCUT2D eigenvalue weighted by atomic mass is 32.2. The number of carbonyl (C=O) groups excluding carboxylic acids is 5. The monoisotopic (exact) mass is 709 g/mol. The van der Waals surface area contributed by atoms with Crippen molar-refractivity contribution in [2.75, 3.05) is 19.7 Å². The number of fused-ring (bicyclic) bond motifs is 3. The lowest BCUT2D eigenvalue weighted by atomic mass is 9.88. The molecule has 1 saturated heterocycles. The molecule has 0 spiro atoms. The molecule has 4 atom stereocenters. The standard InChI is InChI=1S/C35H43N5O9S/c1-5-22-17-35(22,32(44)38-50(46,47)24-12-13-24)37-30(42)27-15-23-19-40(27)29(41)18-36-33(45)48-20-34(2,3)14-7-6-9-21-10-8-11-26-25(21)16-28(39(26)4)31(43)49-23/h5-6,8-11,16,22-24,27H,1,7,12-15,17-20H2,2-4H3,(H,36,45)(H,37,42)(H,38,44)/b9-6+/t22-,23-,27+,35-/m1/s1. The number of nitrogens with one attached hydrogen (secondary N) is 3. The molecule has 4 amide bonds. The van der Waals surface area contributed by atoms with E-state index in [1.807, 2.05) is 44.2 Å². The normalized spacial score (nSPS) is 27.9. The maximum absolute atomic E-state index is 13.9. The molecule has 0 unspecified atom stereocenters. The van der Waals surface area contributed by atoms with Gasteiger partial charge in [-0.1, -0.05) is 44.2 Å². The van der Waals surface area contributed by atoms with Crippen LogP contribution >= 0.6 is 0 Å². The third kappa shape index (κ3) is 7.14. The molecule has 6 rings (SSSR count). The van der Waals surface area contributed by atoms with Crippen molar-refractivity contribution in [2.45, 2.75) is 75.3 Å². The van der Waals surface area contributed by atoms with Crippen LogP contribution in [0.1, 0.15) is 68.4 Å². The van der Waals surface area contributed by atoms with Crippen LogP contribution in [-0.2, 0) is 40.9 Å². The van der Waals surface area contributed by atoms with E-state index in [9.17, 15) is 32.4 Å². The first-order chi connectivity index (χ1) is 23.6. The summed E-state index contributed by atoms with van der Waals surface area (Å²) in [4.78, 5) is 68.1. The SMILES string of the molecule is C=C[C@@H]1C[C@]1(NC(=O)[C@@H]1C[C@@H]2CN1C(=O)CNC(=O)OCC(C)(C)CC/C=C/c1cccc3c1cc(n3C)C(=O)O2)C(=O)NS(=O)(=O)C1CC1. The second-order valence-electron chi connectivity index (χ2n) is 14.4. The number of allylic oxidation sites excluding steroid dienone is 1. The zero-order chi connectivity index (χ0) is 36.0. The molecule has 2 aromatic rings. The number of rotatable bonds is 6. The number of aromatic nitrogens is 1. The summed E-state index contributed by atoms with van der Waals surface area (Å²) in [5.74, 6) is -3.43. The zero-order valence-corrected chi connectivity index (χ0v) is 29.2. The number of ether oxygens (including phenoxy) is 2. The molecule has 2 saturated carbocycles. The van der Waals surface area contributed by atoms with Crippen molar-refractivity contribution in [1.82, 2.24) is 24.8 Å². The second-order valence-corrected chi connectivity index (χ2v) is 16.4. The Balaban J connectivity index is 1.27. The Morgan fingerprint density at radius 2 is 1.92 bits per heavy atom. The Bertz CT molecular complexity index is 1900. The molecule has 3 fully saturated rings. The number of benzene rings is 1. The third-order valence-corrected chi connectivity index (χ3v) is 11.8. The predicted molar refractivity (Wildman–Crippen MR) is 183 cm³/mol. The number of nitrogens with zero attached hydrogens (tertiary/aromatic N) is 2. The lowest BCUT2D eigenvalue weighted by Crippen LogP contribution is -2.57. The summed E-state index contributed by atoms with van der Waals surface area (Å²) in [7, 11) is -2.14. The van der Waals surface area contributed by atoms with Gasteiger partial charge in [-0.05, 0) is 55.2 Å². The van der Waals surface area contributed by atoms with E-state index in [4.69, 9.17) is 9.47 Å². The molecule has 50 heavy (non-hydrogen) atoms. The van der Waals surface area contributed by atoms with Crippen molar-refractivity contribution in [1.29, 1.82) is 0 Å². The van der Waals surface area contributed by atoms with Gasteiger partial charge >= 0.3 is 12.1 Å². The minimum atomic E-state index is -3.90. The van der Waals surface area contributed by atoms with E-state index in [2.05, 4.69) is 21.9 Å². The molecule has 15 heteroatoms. The molecule has 4 bridgehead atoms. The van der Waals surface area contributed by atoms with Crippen LogP contribution in [0.25, 0.3) is 17.0 Å². The van der Waals surface area contributed by atoms with Crippen LogP contribution in [0.4, 0.5) is 4.79 Å². The van der Waals surface area contributed by atoms with Gasteiger partial charge in [0.05, 0.1) is 18.4 Å². The lowest BCUT2D eigenvalue weighted by molar-refractivity contribution is -0.139. The molecular weight excluding hydrogens is 666 g/mol. The Morgan fingerprint density at radius 1 is 1.16 bits per heavy atom. The summed E-state index contributed by atoms with van der Waals surface area (Å²) < 4.78 is 40.3. The summed E-state index contributed by atoms with van der Waals surface area (Å²) in [5.41, 5.74) is 0.0798. The first-order valence-corrected chi connectivity index (χ1v) is 18.4. The van der Waals surface area contributed by atoms with Crippen LogP contribution in [0.5, 0.6) is 0 Å². The summed E-state index contributed by atoms with van der Waals surface area (Å²) in [6.45, 7) is 7.11. The number of hydrogen-bond acceptors (Lipinski definition) is 9. The Morgan fingerprint density at radius 3 is 2.62 bits per heavy atom. The molecule has 2 aliphatic heterocycles. The van der Waals surface area contributed by atoms with Gasteiger partial charge in [-0.2, -0.15) is 0 Å². The van der Waals surface area contributed by atoms with Gasteiger partial charge in [-0.3, -0.25) is 19.1 Å². The van der Waals surface area contributed by atoms with Crippen LogP contribution in [0, 0.1) is 11.3 Å². The van der Waals surface area contributed by atoms with E-state index in [1.165, 1.54) is 11.0 Å². The van der Waals surface area contributed by atoms with Crippen LogP contribution < -0.4 is 15.4 Å². The summed E-state index contributed by atoms with van der Waals surface area (Å²) in [5, 5.41) is 5.34. The zero-order valence-electron chi connectivity index (χ0n) is 28.4. The minimum absolute atomic E-state index is 0.100. The fourth-order valence-corrected chi connectivity index (χ4v) is 8.04. The Kier molecular flexibility index (Phi) is 9.31. The molecule has 3 N–H and O–H groups in total. The fourth-order valence-electron chi connectivity index (χ4n) is 6.68. The van der Waals surface area contributed by atoms with Gasteiger partial charge in [-0.25, -0.2) is 18.0 Å². The third-order valence-electron chi connectivity index (χ3n) is 10.0. The highest BCUT2D eigenvalue weighted by molar-refractivity contribution is 7.91. The minimum Gasteiger partial charge on any atom is -0.456 e.